The van der Waals surface area contributed by atoms with E-state index < -0.39 is 0 Å². The Labute approximate surface area is 392 Å². The molecule has 0 radical (unpaired) electrons. The zero-order valence-corrected chi connectivity index (χ0v) is 37.5. The highest BCUT2D eigenvalue weighted by Gasteiger charge is 2.42. The number of rotatable bonds is 6. The number of benzene rings is 9. The van der Waals surface area contributed by atoms with Crippen LogP contribution >= 0.6 is 0 Å². The largest absolute Gasteiger partial charge is 0.309 e. The van der Waals surface area contributed by atoms with E-state index in [0.717, 1.165) is 61.0 Å². The maximum atomic E-state index is 5.42. The van der Waals surface area contributed by atoms with Crippen LogP contribution < -0.4 is 0 Å². The van der Waals surface area contributed by atoms with Gasteiger partial charge in [0.15, 0.2) is 11.6 Å². The molecular formula is C62H42N6. The van der Waals surface area contributed by atoms with E-state index >= 15 is 0 Å². The van der Waals surface area contributed by atoms with Crippen LogP contribution in [0.4, 0.5) is 0 Å². The van der Waals surface area contributed by atoms with Crippen LogP contribution in [0.2, 0.25) is 0 Å². The summed E-state index contributed by atoms with van der Waals surface area (Å²) >= 11 is 0. The summed E-state index contributed by atoms with van der Waals surface area (Å²) in [5, 5.41) is 5.91. The third-order valence-electron chi connectivity index (χ3n) is 14.3. The Balaban J connectivity index is 1.10. The molecule has 320 valence electrons. The molecular weight excluding hydrogens is 829 g/mol. The van der Waals surface area contributed by atoms with E-state index in [9.17, 15) is 0 Å². The Bertz CT molecular complexity index is 4090. The van der Waals surface area contributed by atoms with Gasteiger partial charge < -0.3 is 9.13 Å². The first-order valence-electron chi connectivity index (χ1n) is 23.3. The second-order valence-corrected chi connectivity index (χ2v) is 18.4. The van der Waals surface area contributed by atoms with E-state index in [1.54, 1.807) is 0 Å². The smallest absolute Gasteiger partial charge is 0.238 e. The van der Waals surface area contributed by atoms with Gasteiger partial charge in [-0.25, -0.2) is 4.98 Å². The van der Waals surface area contributed by atoms with Crippen LogP contribution in [0.5, 0.6) is 0 Å². The van der Waals surface area contributed by atoms with E-state index in [2.05, 4.69) is 210 Å². The first-order valence-corrected chi connectivity index (χ1v) is 23.3. The van der Waals surface area contributed by atoms with Crippen LogP contribution in [0.3, 0.4) is 0 Å². The number of para-hydroxylation sites is 3. The maximum Gasteiger partial charge on any atom is 0.238 e. The van der Waals surface area contributed by atoms with Gasteiger partial charge in [-0.05, 0) is 82.9 Å². The molecule has 0 aliphatic heterocycles. The van der Waals surface area contributed by atoms with E-state index in [1.165, 1.54) is 49.6 Å². The van der Waals surface area contributed by atoms with Crippen molar-refractivity contribution in [1.82, 2.24) is 28.7 Å². The predicted molar refractivity (Wildman–Crippen MR) is 279 cm³/mol. The van der Waals surface area contributed by atoms with Crippen molar-refractivity contribution in [3.8, 4) is 62.5 Å². The molecule has 4 heterocycles. The van der Waals surface area contributed by atoms with Crippen LogP contribution in [0, 0.1) is 0 Å². The summed E-state index contributed by atoms with van der Waals surface area (Å²) in [5.41, 5.74) is 16.8. The van der Waals surface area contributed by atoms with Crippen molar-refractivity contribution < 1.29 is 0 Å². The fourth-order valence-corrected chi connectivity index (χ4v) is 11.3. The molecule has 0 unspecified atom stereocenters. The summed E-state index contributed by atoms with van der Waals surface area (Å²) in [5.74, 6) is 1.81. The standard InChI is InChI=1S/C62H42N6/c1-62(2)50-29-17-15-28-47(50)58-56(62)55-54(67(58)44-25-13-6-14-26-44)36-33-46-49-38-42(41-31-34-52-48(37-41)45-27-16-18-30-51(45)66(52)43-23-11-5-12-24-43)32-35-53(49)68(57(46)55)61-64-59(39-19-7-3-8-20-39)63-60(65-61)40-21-9-4-10-22-40/h3-38H,1-2H3. The zero-order valence-electron chi connectivity index (χ0n) is 37.5. The van der Waals surface area contributed by atoms with Crippen molar-refractivity contribution in [2.75, 3.05) is 0 Å². The lowest BCUT2D eigenvalue weighted by Gasteiger charge is -2.22. The molecule has 13 aromatic rings. The molecule has 6 nitrogen and oxygen atoms in total. The normalized spacial score (nSPS) is 13.0. The average molecular weight is 871 g/mol. The summed E-state index contributed by atoms with van der Waals surface area (Å²) in [6, 6.07) is 78.1. The molecule has 14 rings (SSSR count). The lowest BCUT2D eigenvalue weighted by atomic mass is 9.81. The molecule has 4 aromatic heterocycles. The van der Waals surface area contributed by atoms with E-state index in [0.29, 0.717) is 17.6 Å². The second kappa shape index (κ2) is 14.6. The van der Waals surface area contributed by atoms with E-state index in [1.807, 2.05) is 36.4 Å². The van der Waals surface area contributed by atoms with E-state index in [4.69, 9.17) is 15.0 Å². The zero-order chi connectivity index (χ0) is 45.1. The molecule has 68 heavy (non-hydrogen) atoms. The van der Waals surface area contributed by atoms with Gasteiger partial charge >= 0.3 is 0 Å². The highest BCUT2D eigenvalue weighted by molar-refractivity contribution is 6.22. The molecule has 0 amide bonds. The topological polar surface area (TPSA) is 53.5 Å². The molecule has 0 saturated heterocycles. The first-order chi connectivity index (χ1) is 33.5. The summed E-state index contributed by atoms with van der Waals surface area (Å²) in [7, 11) is 0. The van der Waals surface area contributed by atoms with Gasteiger partial charge in [0.05, 0.1) is 33.3 Å². The summed E-state index contributed by atoms with van der Waals surface area (Å²) in [6.07, 6.45) is 0. The van der Waals surface area contributed by atoms with Crippen molar-refractivity contribution >= 4 is 54.5 Å². The van der Waals surface area contributed by atoms with Gasteiger partial charge in [0, 0.05) is 60.4 Å². The number of hydrogen-bond donors (Lipinski definition) is 0. The number of aromatic nitrogens is 6. The first kappa shape index (κ1) is 38.4. The third-order valence-corrected chi connectivity index (χ3v) is 14.3. The van der Waals surface area contributed by atoms with Crippen LogP contribution in [-0.2, 0) is 5.41 Å². The lowest BCUT2D eigenvalue weighted by molar-refractivity contribution is 0.666. The molecule has 9 aromatic carbocycles. The third kappa shape index (κ3) is 5.55. The predicted octanol–water partition coefficient (Wildman–Crippen LogP) is 15.3. The summed E-state index contributed by atoms with van der Waals surface area (Å²) in [6.45, 7) is 4.76. The van der Waals surface area contributed by atoms with Gasteiger partial charge in [-0.2, -0.15) is 9.97 Å². The lowest BCUT2D eigenvalue weighted by Crippen LogP contribution is -2.15. The molecule has 0 saturated carbocycles. The minimum atomic E-state index is -0.317. The Hall–Kier alpha value is -8.87. The molecule has 0 fully saturated rings. The average Bonchev–Trinajstić information content (AvgIpc) is 4.11. The van der Waals surface area contributed by atoms with Crippen LogP contribution in [0.15, 0.2) is 218 Å². The highest BCUT2D eigenvalue weighted by atomic mass is 15.2. The van der Waals surface area contributed by atoms with Gasteiger partial charge in [-0.15, -0.1) is 0 Å². The SMILES string of the molecule is CC1(C)c2ccccc2-c2c1c1c(ccc3c4cc(-c5ccc6c(c5)c5ccccc5n6-c5ccccc5)ccc4n(-c4nc(-c5ccccc5)nc(-c5ccccc5)n4)c31)n2-c1ccccc1. The molecule has 6 heteroatoms. The Kier molecular flexibility index (Phi) is 8.23. The molecule has 1 aliphatic rings. The van der Waals surface area contributed by atoms with Gasteiger partial charge in [-0.1, -0.05) is 172 Å². The molecule has 0 N–H and O–H groups in total. The summed E-state index contributed by atoms with van der Waals surface area (Å²) < 4.78 is 7.17. The van der Waals surface area contributed by atoms with Crippen molar-refractivity contribution in [3.05, 3.63) is 230 Å². The monoisotopic (exact) mass is 870 g/mol. The molecule has 0 spiro atoms. The minimum Gasteiger partial charge on any atom is -0.309 e. The summed E-state index contributed by atoms with van der Waals surface area (Å²) in [4.78, 5) is 16.0. The van der Waals surface area contributed by atoms with Crippen LogP contribution in [0.1, 0.15) is 25.0 Å². The highest BCUT2D eigenvalue weighted by Crippen LogP contribution is 2.56. The number of fused-ring (bicyclic) bond motifs is 12. The number of nitrogens with zero attached hydrogens (tertiary/aromatic N) is 6. The van der Waals surface area contributed by atoms with E-state index in [-0.39, 0.29) is 5.41 Å². The van der Waals surface area contributed by atoms with Crippen molar-refractivity contribution in [2.24, 2.45) is 0 Å². The Morgan fingerprint density at radius 2 is 0.868 bits per heavy atom. The van der Waals surface area contributed by atoms with Crippen molar-refractivity contribution in [2.45, 2.75) is 19.3 Å². The molecule has 0 bridgehead atoms. The second-order valence-electron chi connectivity index (χ2n) is 18.4. The Morgan fingerprint density at radius 3 is 1.51 bits per heavy atom. The quantitative estimate of drug-likeness (QED) is 0.167. The van der Waals surface area contributed by atoms with Gasteiger partial charge in [-0.3, -0.25) is 4.57 Å². The maximum absolute atomic E-state index is 5.42. The van der Waals surface area contributed by atoms with Crippen molar-refractivity contribution in [1.29, 1.82) is 0 Å². The Morgan fingerprint density at radius 1 is 0.368 bits per heavy atom. The van der Waals surface area contributed by atoms with Crippen LogP contribution in [0.25, 0.3) is 117 Å². The van der Waals surface area contributed by atoms with Gasteiger partial charge in [0.1, 0.15) is 0 Å². The van der Waals surface area contributed by atoms with Crippen molar-refractivity contribution in [3.63, 3.8) is 0 Å². The molecule has 1 aliphatic carbocycles. The van der Waals surface area contributed by atoms with Gasteiger partial charge in [0.2, 0.25) is 5.95 Å². The fraction of sp³-hybridized carbons (Fsp3) is 0.0484. The minimum absolute atomic E-state index is 0.317. The number of hydrogen-bond acceptors (Lipinski definition) is 3. The van der Waals surface area contributed by atoms with Gasteiger partial charge in [0.25, 0.3) is 0 Å². The molecule has 0 atom stereocenters. The fourth-order valence-electron chi connectivity index (χ4n) is 11.3. The van der Waals surface area contributed by atoms with Crippen LogP contribution in [-0.4, -0.2) is 28.7 Å².